The summed E-state index contributed by atoms with van der Waals surface area (Å²) in [5.74, 6) is -1.30. The van der Waals surface area contributed by atoms with Gasteiger partial charge in [-0.1, -0.05) is 55.2 Å². The molecule has 0 saturated carbocycles. The number of morpholine rings is 1. The number of ether oxygens (including phenoxy) is 1. The molecule has 3 heterocycles. The van der Waals surface area contributed by atoms with Crippen molar-refractivity contribution >= 4 is 40.6 Å². The van der Waals surface area contributed by atoms with Crippen LogP contribution in [0.1, 0.15) is 56.6 Å². The fourth-order valence-corrected chi connectivity index (χ4v) is 7.52. The van der Waals surface area contributed by atoms with Gasteiger partial charge in [-0.05, 0) is 68.1 Å². The number of rotatable bonds is 9. The number of fused-ring (bicyclic) bond motifs is 2. The second kappa shape index (κ2) is 12.1. The number of Topliss-reactive ketones (excluding diaryl/α,β-unsaturated/α-hetero) is 1. The molecule has 40 heavy (non-hydrogen) atoms. The number of nitrogens with one attached hydrogen (secondary N) is 1. The second-order valence-electron chi connectivity index (χ2n) is 11.8. The summed E-state index contributed by atoms with van der Waals surface area (Å²) in [7, 11) is 1.91. The molecular formula is C31H38Cl2FN3O3. The molecule has 1 amide bonds. The number of hydrogen-bond acceptors (Lipinski definition) is 5. The number of likely N-dealkylation sites (tertiary alicyclic amines) is 1. The van der Waals surface area contributed by atoms with Crippen LogP contribution in [0.3, 0.4) is 0 Å². The number of anilines is 1. The van der Waals surface area contributed by atoms with Gasteiger partial charge in [-0.3, -0.25) is 19.4 Å². The first-order valence-electron chi connectivity index (χ1n) is 14.3. The zero-order valence-corrected chi connectivity index (χ0v) is 24.9. The van der Waals surface area contributed by atoms with Gasteiger partial charge in [0.2, 0.25) is 5.91 Å². The Hall–Kier alpha value is -2.03. The van der Waals surface area contributed by atoms with Crippen LogP contribution in [0.4, 0.5) is 10.1 Å². The molecule has 2 saturated heterocycles. The molecule has 0 aromatic heterocycles. The second-order valence-corrected chi connectivity index (χ2v) is 12.6. The predicted octanol–water partition coefficient (Wildman–Crippen LogP) is 5.91. The van der Waals surface area contributed by atoms with Crippen molar-refractivity contribution in [2.45, 2.75) is 62.9 Å². The van der Waals surface area contributed by atoms with Gasteiger partial charge in [0, 0.05) is 42.2 Å². The minimum atomic E-state index is -1.18. The SMILES string of the molecule is CC(C)C[C@H]1N(C)[C@H](C(=O)CCCCN2CCOCC2)[C@H](c2cccc(Cl)c2F)[C@@]12C(=O)Nc1cc(Cl)ccc12. The fourth-order valence-electron chi connectivity index (χ4n) is 7.17. The summed E-state index contributed by atoms with van der Waals surface area (Å²) in [5, 5.41) is 3.53. The monoisotopic (exact) mass is 589 g/mol. The van der Waals surface area contributed by atoms with E-state index in [1.807, 2.05) is 18.0 Å². The first-order valence-corrected chi connectivity index (χ1v) is 15.0. The molecule has 216 valence electrons. The molecule has 3 aliphatic heterocycles. The van der Waals surface area contributed by atoms with Gasteiger partial charge in [0.05, 0.1) is 24.3 Å². The van der Waals surface area contributed by atoms with E-state index in [4.69, 9.17) is 27.9 Å². The summed E-state index contributed by atoms with van der Waals surface area (Å²) in [6, 6.07) is 9.23. The van der Waals surface area contributed by atoms with Crippen LogP contribution in [-0.4, -0.2) is 73.5 Å². The van der Waals surface area contributed by atoms with Crippen molar-refractivity contribution in [1.82, 2.24) is 9.80 Å². The first-order chi connectivity index (χ1) is 19.2. The summed E-state index contributed by atoms with van der Waals surface area (Å²) < 4.78 is 21.3. The molecule has 1 spiro atoms. The Kier molecular flexibility index (Phi) is 8.89. The van der Waals surface area contributed by atoms with Gasteiger partial charge in [-0.2, -0.15) is 0 Å². The number of likely N-dealkylation sites (N-methyl/N-ethyl adjacent to an activating group) is 1. The molecule has 9 heteroatoms. The number of halogens is 3. The quantitative estimate of drug-likeness (QED) is 0.369. The van der Waals surface area contributed by atoms with Gasteiger partial charge in [-0.25, -0.2) is 4.39 Å². The zero-order valence-electron chi connectivity index (χ0n) is 23.4. The predicted molar refractivity (Wildman–Crippen MR) is 157 cm³/mol. The number of ketones is 1. The van der Waals surface area contributed by atoms with Crippen molar-refractivity contribution in [2.75, 3.05) is 45.2 Å². The lowest BCUT2D eigenvalue weighted by Crippen LogP contribution is -2.49. The highest BCUT2D eigenvalue weighted by Crippen LogP contribution is 2.59. The lowest BCUT2D eigenvalue weighted by Gasteiger charge is -2.37. The average Bonchev–Trinajstić information content (AvgIpc) is 3.34. The minimum Gasteiger partial charge on any atom is -0.379 e. The molecule has 3 aliphatic rings. The van der Waals surface area contributed by atoms with Crippen LogP contribution in [0, 0.1) is 11.7 Å². The maximum Gasteiger partial charge on any atom is 0.237 e. The Labute approximate surface area is 246 Å². The van der Waals surface area contributed by atoms with E-state index in [1.165, 1.54) is 6.07 Å². The van der Waals surface area contributed by atoms with Crippen molar-refractivity contribution in [3.05, 3.63) is 63.4 Å². The third kappa shape index (κ3) is 5.20. The number of unbranched alkanes of at least 4 members (excludes halogenated alkanes) is 1. The van der Waals surface area contributed by atoms with Crippen LogP contribution in [-0.2, 0) is 19.7 Å². The van der Waals surface area contributed by atoms with E-state index in [0.29, 0.717) is 29.1 Å². The van der Waals surface area contributed by atoms with Crippen molar-refractivity contribution in [1.29, 1.82) is 0 Å². The van der Waals surface area contributed by atoms with Crippen LogP contribution in [0.5, 0.6) is 0 Å². The van der Waals surface area contributed by atoms with Crippen LogP contribution in [0.25, 0.3) is 0 Å². The molecule has 1 N–H and O–H groups in total. The molecule has 2 aromatic carbocycles. The fraction of sp³-hybridized carbons (Fsp3) is 0.548. The topological polar surface area (TPSA) is 61.9 Å². The Morgan fingerprint density at radius 1 is 1.18 bits per heavy atom. The van der Waals surface area contributed by atoms with Gasteiger partial charge >= 0.3 is 0 Å². The molecule has 6 nitrogen and oxygen atoms in total. The molecule has 2 fully saturated rings. The summed E-state index contributed by atoms with van der Waals surface area (Å²) in [6.45, 7) is 8.43. The molecule has 0 aliphatic carbocycles. The van der Waals surface area contributed by atoms with E-state index in [-0.39, 0.29) is 28.7 Å². The Bertz CT molecular complexity index is 1270. The van der Waals surface area contributed by atoms with Gasteiger partial charge in [-0.15, -0.1) is 0 Å². The van der Waals surface area contributed by atoms with E-state index in [2.05, 4.69) is 24.1 Å². The third-order valence-electron chi connectivity index (χ3n) is 8.91. The number of benzene rings is 2. The van der Waals surface area contributed by atoms with E-state index in [0.717, 1.165) is 51.3 Å². The maximum absolute atomic E-state index is 15.9. The van der Waals surface area contributed by atoms with Crippen LogP contribution in [0.15, 0.2) is 36.4 Å². The number of nitrogens with zero attached hydrogens (tertiary/aromatic N) is 2. The van der Waals surface area contributed by atoms with Crippen molar-refractivity contribution < 1.29 is 18.7 Å². The van der Waals surface area contributed by atoms with E-state index >= 15 is 4.39 Å². The van der Waals surface area contributed by atoms with Gasteiger partial charge in [0.15, 0.2) is 5.78 Å². The maximum atomic E-state index is 15.9. The lowest BCUT2D eigenvalue weighted by molar-refractivity contribution is -0.124. The Morgan fingerprint density at radius 3 is 2.65 bits per heavy atom. The molecule has 4 atom stereocenters. The van der Waals surface area contributed by atoms with Gasteiger partial charge in [0.25, 0.3) is 0 Å². The smallest absolute Gasteiger partial charge is 0.237 e. The molecule has 2 aromatic rings. The molecule has 0 bridgehead atoms. The average molecular weight is 591 g/mol. The van der Waals surface area contributed by atoms with Gasteiger partial charge < -0.3 is 10.1 Å². The zero-order chi connectivity index (χ0) is 28.6. The van der Waals surface area contributed by atoms with E-state index in [1.54, 1.807) is 24.3 Å². The molecular weight excluding hydrogens is 552 g/mol. The number of carbonyl (C=O) groups is 2. The molecule has 0 unspecified atom stereocenters. The van der Waals surface area contributed by atoms with Crippen LogP contribution < -0.4 is 5.32 Å². The summed E-state index contributed by atoms with van der Waals surface area (Å²) in [4.78, 5) is 32.8. The Balaban J connectivity index is 1.56. The summed E-state index contributed by atoms with van der Waals surface area (Å²) >= 11 is 12.6. The van der Waals surface area contributed by atoms with Crippen LogP contribution >= 0.6 is 23.2 Å². The summed E-state index contributed by atoms with van der Waals surface area (Å²) in [5.41, 5.74) is 0.491. The number of hydrogen-bond donors (Lipinski definition) is 1. The molecule has 0 radical (unpaired) electrons. The van der Waals surface area contributed by atoms with E-state index < -0.39 is 23.2 Å². The third-order valence-corrected chi connectivity index (χ3v) is 9.43. The van der Waals surface area contributed by atoms with E-state index in [9.17, 15) is 9.59 Å². The van der Waals surface area contributed by atoms with Gasteiger partial charge in [0.1, 0.15) is 11.2 Å². The van der Waals surface area contributed by atoms with Crippen molar-refractivity contribution in [2.24, 2.45) is 5.92 Å². The van der Waals surface area contributed by atoms with Crippen molar-refractivity contribution in [3.63, 3.8) is 0 Å². The van der Waals surface area contributed by atoms with Crippen molar-refractivity contribution in [3.8, 4) is 0 Å². The highest BCUT2D eigenvalue weighted by Gasteiger charge is 2.67. The number of amides is 1. The highest BCUT2D eigenvalue weighted by molar-refractivity contribution is 6.31. The first kappa shape index (κ1) is 29.5. The van der Waals surface area contributed by atoms with Crippen LogP contribution in [0.2, 0.25) is 10.0 Å². The standard InChI is InChI=1S/C31H38Cl2FN3O3/c1-19(2)17-26-31(22-11-10-20(32)18-24(22)35-30(31)39)27(21-7-6-8-23(33)28(21)34)29(36(26)3)25(38)9-4-5-12-37-13-15-40-16-14-37/h6-8,10-11,18-19,26-27,29H,4-5,9,12-17H2,1-3H3,(H,35,39)/t26-,27+,29-,31+/m1/s1. The Morgan fingerprint density at radius 2 is 1.93 bits per heavy atom. The minimum absolute atomic E-state index is 0.0194. The highest BCUT2D eigenvalue weighted by atomic mass is 35.5. The molecule has 5 rings (SSSR count). The lowest BCUT2D eigenvalue weighted by atomic mass is 9.63. The number of carbonyl (C=O) groups excluding carboxylic acids is 2. The summed E-state index contributed by atoms with van der Waals surface area (Å²) in [6.07, 6.45) is 2.63. The largest absolute Gasteiger partial charge is 0.379 e. The normalized spacial score (nSPS) is 27.0.